The van der Waals surface area contributed by atoms with Crippen molar-refractivity contribution in [1.82, 2.24) is 10.6 Å². The average Bonchev–Trinajstić information content (AvgIpc) is 2.63. The number of hydrogen-bond acceptors (Lipinski definition) is 3. The number of hydrogen-bond donors (Lipinski definition) is 2. The molecule has 5 nitrogen and oxygen atoms in total. The van der Waals surface area contributed by atoms with E-state index in [-0.39, 0.29) is 41.2 Å². The molecule has 0 radical (unpaired) electrons. The lowest BCUT2D eigenvalue weighted by molar-refractivity contribution is -0.0835. The summed E-state index contributed by atoms with van der Waals surface area (Å²) in [5.74, 6) is 1.27. The van der Waals surface area contributed by atoms with Gasteiger partial charge in [-0.15, -0.1) is 24.0 Å². The molecule has 8 heteroatoms. The molecule has 0 bridgehead atoms. The summed E-state index contributed by atoms with van der Waals surface area (Å²) in [5, 5.41) is 6.66. The maximum absolute atomic E-state index is 12.4. The Hall–Kier alpha value is -1.16. The van der Waals surface area contributed by atoms with E-state index in [4.69, 9.17) is 4.74 Å². The standard InChI is InChI=1S/C21H33F2N3O2.HI/c1-5-24-20(25-13-15-8-6-10-17(12-15)28-19(22)23)26-14-16-9-7-11-27-18(16)21(2,3)4;/h6,8,10,12,16,18-19H,5,7,9,11,13-14H2,1-4H3,(H2,24,25,26);1H. The molecule has 1 aromatic rings. The van der Waals surface area contributed by atoms with Crippen molar-refractivity contribution in [2.45, 2.75) is 59.8 Å². The minimum Gasteiger partial charge on any atom is -0.435 e. The summed E-state index contributed by atoms with van der Waals surface area (Å²) in [4.78, 5) is 4.59. The van der Waals surface area contributed by atoms with Crippen molar-refractivity contribution in [3.63, 3.8) is 0 Å². The maximum atomic E-state index is 12.4. The second-order valence-electron chi connectivity index (χ2n) is 8.16. The van der Waals surface area contributed by atoms with Gasteiger partial charge in [0, 0.05) is 25.6 Å². The van der Waals surface area contributed by atoms with Crippen molar-refractivity contribution in [3.8, 4) is 5.75 Å². The highest BCUT2D eigenvalue weighted by Gasteiger charge is 2.35. The van der Waals surface area contributed by atoms with Gasteiger partial charge in [0.15, 0.2) is 5.96 Å². The Labute approximate surface area is 190 Å². The smallest absolute Gasteiger partial charge is 0.387 e. The fourth-order valence-corrected chi connectivity index (χ4v) is 3.57. The molecule has 2 rings (SSSR count). The number of halogens is 3. The van der Waals surface area contributed by atoms with Gasteiger partial charge in [-0.3, -0.25) is 0 Å². The van der Waals surface area contributed by atoms with Crippen LogP contribution in [0.4, 0.5) is 8.78 Å². The van der Waals surface area contributed by atoms with E-state index >= 15 is 0 Å². The van der Waals surface area contributed by atoms with Crippen LogP contribution in [0.1, 0.15) is 46.1 Å². The molecule has 1 aromatic carbocycles. The summed E-state index contributed by atoms with van der Waals surface area (Å²) >= 11 is 0. The summed E-state index contributed by atoms with van der Waals surface area (Å²) in [6.07, 6.45) is 2.41. The van der Waals surface area contributed by atoms with E-state index in [0.717, 1.165) is 38.1 Å². The first-order chi connectivity index (χ1) is 13.3. The molecule has 0 spiro atoms. The van der Waals surface area contributed by atoms with Gasteiger partial charge < -0.3 is 20.1 Å². The number of alkyl halides is 2. The Morgan fingerprint density at radius 2 is 2.07 bits per heavy atom. The molecular weight excluding hydrogens is 491 g/mol. The number of nitrogens with one attached hydrogen (secondary N) is 2. The zero-order valence-corrected chi connectivity index (χ0v) is 20.0. The first-order valence-electron chi connectivity index (χ1n) is 9.97. The summed E-state index contributed by atoms with van der Waals surface area (Å²) in [5.41, 5.74) is 0.900. The van der Waals surface area contributed by atoms with Crippen molar-refractivity contribution in [2.24, 2.45) is 16.3 Å². The molecule has 29 heavy (non-hydrogen) atoms. The molecule has 1 fully saturated rings. The quantitative estimate of drug-likeness (QED) is 0.305. The third-order valence-electron chi connectivity index (χ3n) is 4.72. The van der Waals surface area contributed by atoms with Crippen molar-refractivity contribution < 1.29 is 18.3 Å². The van der Waals surface area contributed by atoms with Gasteiger partial charge in [0.1, 0.15) is 5.75 Å². The van der Waals surface area contributed by atoms with E-state index in [1.165, 1.54) is 6.07 Å². The molecule has 166 valence electrons. The van der Waals surface area contributed by atoms with Crippen LogP contribution in [0.3, 0.4) is 0 Å². The molecule has 1 heterocycles. The lowest BCUT2D eigenvalue weighted by Gasteiger charge is -2.40. The SMILES string of the molecule is CCNC(=NCc1cccc(OC(F)F)c1)NCC1CCCOC1C(C)(C)C.I. The van der Waals surface area contributed by atoms with Gasteiger partial charge in [-0.2, -0.15) is 8.78 Å². The molecule has 2 N–H and O–H groups in total. The summed E-state index contributed by atoms with van der Waals surface area (Å²) < 4.78 is 35.3. The van der Waals surface area contributed by atoms with E-state index in [9.17, 15) is 8.78 Å². The van der Waals surface area contributed by atoms with E-state index in [1.807, 2.05) is 13.0 Å². The Balaban J connectivity index is 0.00000420. The van der Waals surface area contributed by atoms with Gasteiger partial charge in [0.25, 0.3) is 0 Å². The summed E-state index contributed by atoms with van der Waals surface area (Å²) in [7, 11) is 0. The number of aliphatic imine (C=N–C) groups is 1. The van der Waals surface area contributed by atoms with Gasteiger partial charge in [0.05, 0.1) is 12.6 Å². The number of nitrogens with zero attached hydrogens (tertiary/aromatic N) is 1. The third kappa shape index (κ3) is 9.02. The molecule has 1 saturated heterocycles. The minimum absolute atomic E-state index is 0. The van der Waals surface area contributed by atoms with Crippen LogP contribution in [0.2, 0.25) is 0 Å². The molecule has 1 aliphatic rings. The Kier molecular flexibility index (Phi) is 11.2. The van der Waals surface area contributed by atoms with Crippen LogP contribution in [-0.4, -0.2) is 38.4 Å². The highest BCUT2D eigenvalue weighted by molar-refractivity contribution is 14.0. The number of guanidine groups is 1. The Bertz CT molecular complexity index is 639. The molecule has 0 saturated carbocycles. The van der Waals surface area contributed by atoms with E-state index in [2.05, 4.69) is 41.1 Å². The number of ether oxygens (including phenoxy) is 2. The van der Waals surface area contributed by atoms with Crippen LogP contribution in [0.15, 0.2) is 29.3 Å². The fraction of sp³-hybridized carbons (Fsp3) is 0.667. The van der Waals surface area contributed by atoms with Gasteiger partial charge >= 0.3 is 6.61 Å². The molecule has 0 amide bonds. The molecule has 2 unspecified atom stereocenters. The van der Waals surface area contributed by atoms with Crippen molar-refractivity contribution in [2.75, 3.05) is 19.7 Å². The highest BCUT2D eigenvalue weighted by atomic mass is 127. The molecule has 0 aromatic heterocycles. The summed E-state index contributed by atoms with van der Waals surface area (Å²) in [6.45, 7) is 8.54. The molecule has 2 atom stereocenters. The zero-order chi connectivity index (χ0) is 20.6. The Morgan fingerprint density at radius 3 is 2.72 bits per heavy atom. The predicted molar refractivity (Wildman–Crippen MR) is 123 cm³/mol. The topological polar surface area (TPSA) is 54.9 Å². The number of benzene rings is 1. The average molecular weight is 525 g/mol. The van der Waals surface area contributed by atoms with Crippen LogP contribution in [0, 0.1) is 11.3 Å². The molecular formula is C21H34F2IN3O2. The van der Waals surface area contributed by atoms with Crippen LogP contribution in [0.5, 0.6) is 5.75 Å². The monoisotopic (exact) mass is 525 g/mol. The van der Waals surface area contributed by atoms with Crippen molar-refractivity contribution in [3.05, 3.63) is 29.8 Å². The first-order valence-corrected chi connectivity index (χ1v) is 9.97. The Morgan fingerprint density at radius 1 is 1.31 bits per heavy atom. The van der Waals surface area contributed by atoms with Gasteiger partial charge in [0.2, 0.25) is 0 Å². The fourth-order valence-electron chi connectivity index (χ4n) is 3.57. The first kappa shape index (κ1) is 25.9. The molecule has 0 aliphatic carbocycles. The van der Waals surface area contributed by atoms with Gasteiger partial charge in [-0.05, 0) is 42.9 Å². The van der Waals surface area contributed by atoms with E-state index in [0.29, 0.717) is 18.4 Å². The van der Waals surface area contributed by atoms with Crippen molar-refractivity contribution >= 4 is 29.9 Å². The normalized spacial score (nSPS) is 20.2. The van der Waals surface area contributed by atoms with E-state index in [1.54, 1.807) is 12.1 Å². The largest absolute Gasteiger partial charge is 0.435 e. The third-order valence-corrected chi connectivity index (χ3v) is 4.72. The number of rotatable bonds is 7. The minimum atomic E-state index is -2.83. The lowest BCUT2D eigenvalue weighted by Crippen LogP contribution is -2.47. The van der Waals surface area contributed by atoms with Crippen molar-refractivity contribution in [1.29, 1.82) is 0 Å². The molecule has 1 aliphatic heterocycles. The van der Waals surface area contributed by atoms with Crippen LogP contribution >= 0.6 is 24.0 Å². The van der Waals surface area contributed by atoms with Gasteiger partial charge in [-0.1, -0.05) is 32.9 Å². The predicted octanol–water partition coefficient (Wildman–Crippen LogP) is 4.80. The van der Waals surface area contributed by atoms with E-state index < -0.39 is 6.61 Å². The van der Waals surface area contributed by atoms with Crippen LogP contribution in [0.25, 0.3) is 0 Å². The van der Waals surface area contributed by atoms with Crippen LogP contribution in [-0.2, 0) is 11.3 Å². The zero-order valence-electron chi connectivity index (χ0n) is 17.7. The highest BCUT2D eigenvalue weighted by Crippen LogP contribution is 2.33. The second-order valence-corrected chi connectivity index (χ2v) is 8.16. The lowest BCUT2D eigenvalue weighted by atomic mass is 9.78. The summed E-state index contributed by atoms with van der Waals surface area (Å²) in [6, 6.07) is 6.63. The van der Waals surface area contributed by atoms with Crippen LogP contribution < -0.4 is 15.4 Å². The maximum Gasteiger partial charge on any atom is 0.387 e. The second kappa shape index (κ2) is 12.5. The van der Waals surface area contributed by atoms with Gasteiger partial charge in [-0.25, -0.2) is 4.99 Å².